The zero-order valence-electron chi connectivity index (χ0n) is 27.7. The molecule has 4 N–H and O–H groups in total. The Bertz CT molecular complexity index is 1870. The summed E-state index contributed by atoms with van der Waals surface area (Å²) in [5.74, 6) is -0.287. The number of hydrogen-bond donors (Lipinski definition) is 4. The van der Waals surface area contributed by atoms with Gasteiger partial charge >= 0.3 is 12.0 Å². The standard InChI is InChI=1S/C41H40N2O6S/c1-27-37(26-50-35-21-19-32(20-22-35)39(45)46)48-40(49-38(27)31-13-11-29(25-44)12-14-31)33-17-15-30(16-18-33)36-10-6-5-9-34(36)24-43-41(47)42-23-28-7-3-2-4-8-28/h2-22,27,37-38,40,44H,23-26H2,1H3,(H,45,46)(H2,42,43,47)/t27-,37+,38+,40+/m0/s1. The van der Waals surface area contributed by atoms with Crippen molar-refractivity contribution < 1.29 is 29.3 Å². The van der Waals surface area contributed by atoms with E-state index in [4.69, 9.17) is 9.47 Å². The number of carboxylic acid groups (broad SMARTS) is 1. The molecule has 6 rings (SSSR count). The van der Waals surface area contributed by atoms with E-state index >= 15 is 0 Å². The van der Waals surface area contributed by atoms with Crippen LogP contribution in [-0.2, 0) is 29.2 Å². The maximum atomic E-state index is 12.5. The van der Waals surface area contributed by atoms with Gasteiger partial charge in [-0.15, -0.1) is 11.8 Å². The first-order valence-electron chi connectivity index (χ1n) is 16.6. The van der Waals surface area contributed by atoms with Gasteiger partial charge in [0.15, 0.2) is 6.29 Å². The summed E-state index contributed by atoms with van der Waals surface area (Å²) < 4.78 is 13.3. The van der Waals surface area contributed by atoms with Gasteiger partial charge in [-0.2, -0.15) is 0 Å². The van der Waals surface area contributed by atoms with Crippen molar-refractivity contribution >= 4 is 23.8 Å². The second-order valence-electron chi connectivity index (χ2n) is 12.3. The summed E-state index contributed by atoms with van der Waals surface area (Å²) in [5.41, 5.74) is 7.04. The number of aliphatic hydroxyl groups is 1. The number of ether oxygens (including phenoxy) is 2. The molecule has 0 spiro atoms. The predicted octanol–water partition coefficient (Wildman–Crippen LogP) is 8.13. The minimum atomic E-state index is -0.950. The van der Waals surface area contributed by atoms with Crippen molar-refractivity contribution in [2.75, 3.05) is 5.75 Å². The largest absolute Gasteiger partial charge is 0.478 e. The minimum Gasteiger partial charge on any atom is -0.478 e. The Kier molecular flexibility index (Phi) is 11.6. The molecule has 2 amide bonds. The first-order valence-corrected chi connectivity index (χ1v) is 17.6. The number of aromatic carboxylic acids is 1. The summed E-state index contributed by atoms with van der Waals surface area (Å²) in [7, 11) is 0. The van der Waals surface area contributed by atoms with E-state index in [-0.39, 0.29) is 36.3 Å². The number of carbonyl (C=O) groups excluding carboxylic acids is 1. The van der Waals surface area contributed by atoms with E-state index in [9.17, 15) is 19.8 Å². The quantitative estimate of drug-likeness (QED) is 0.0979. The first kappa shape index (κ1) is 34.9. The normalized spacial score (nSPS) is 18.7. The molecule has 1 aliphatic heterocycles. The Balaban J connectivity index is 1.16. The molecule has 0 aromatic heterocycles. The van der Waals surface area contributed by atoms with Crippen molar-refractivity contribution in [2.24, 2.45) is 5.92 Å². The number of carboxylic acids is 1. The highest BCUT2D eigenvalue weighted by atomic mass is 32.2. The molecule has 1 saturated heterocycles. The lowest BCUT2D eigenvalue weighted by atomic mass is 9.91. The van der Waals surface area contributed by atoms with E-state index in [0.717, 1.165) is 43.8 Å². The van der Waals surface area contributed by atoms with E-state index in [1.807, 2.05) is 115 Å². The molecule has 9 heteroatoms. The van der Waals surface area contributed by atoms with Crippen LogP contribution in [0.2, 0.25) is 0 Å². The molecule has 4 atom stereocenters. The van der Waals surface area contributed by atoms with Crippen molar-refractivity contribution in [1.29, 1.82) is 0 Å². The van der Waals surface area contributed by atoms with Gasteiger partial charge in [0, 0.05) is 35.2 Å². The molecule has 0 unspecified atom stereocenters. The Morgan fingerprint density at radius 2 is 1.38 bits per heavy atom. The fraction of sp³-hybridized carbons (Fsp3) is 0.220. The summed E-state index contributed by atoms with van der Waals surface area (Å²) in [4.78, 5) is 24.8. The van der Waals surface area contributed by atoms with Crippen LogP contribution in [0.5, 0.6) is 0 Å². The number of benzene rings is 5. The molecular formula is C41H40N2O6S. The third-order valence-electron chi connectivity index (χ3n) is 8.89. The van der Waals surface area contributed by atoms with Gasteiger partial charge in [0.05, 0.1) is 24.4 Å². The maximum Gasteiger partial charge on any atom is 0.335 e. The smallest absolute Gasteiger partial charge is 0.335 e. The highest BCUT2D eigenvalue weighted by Crippen LogP contribution is 2.43. The summed E-state index contributed by atoms with van der Waals surface area (Å²) in [6.45, 7) is 2.92. The van der Waals surface area contributed by atoms with Crippen LogP contribution in [0.1, 0.15) is 57.5 Å². The highest BCUT2D eigenvalue weighted by Gasteiger charge is 2.38. The molecule has 0 radical (unpaired) electrons. The van der Waals surface area contributed by atoms with Crippen LogP contribution in [-0.4, -0.2) is 34.1 Å². The number of urea groups is 1. The number of rotatable bonds is 12. The summed E-state index contributed by atoms with van der Waals surface area (Å²) >= 11 is 1.62. The van der Waals surface area contributed by atoms with E-state index in [0.29, 0.717) is 18.8 Å². The lowest BCUT2D eigenvalue weighted by Crippen LogP contribution is -2.38. The molecule has 0 aliphatic carbocycles. The number of aliphatic hydroxyl groups excluding tert-OH is 1. The zero-order valence-corrected chi connectivity index (χ0v) is 28.5. The van der Waals surface area contributed by atoms with E-state index in [1.54, 1.807) is 23.9 Å². The molecule has 5 aromatic rings. The molecule has 1 aliphatic rings. The SMILES string of the molecule is C[C@H]1[C@@H](CSc2ccc(C(=O)O)cc2)O[C@@H](c2ccc(-c3ccccc3CNC(=O)NCc3ccccc3)cc2)O[C@H]1c1ccc(CO)cc1. The Morgan fingerprint density at radius 3 is 2.08 bits per heavy atom. The summed E-state index contributed by atoms with van der Waals surface area (Å²) in [6.07, 6.45) is -1.03. The summed E-state index contributed by atoms with van der Waals surface area (Å²) in [5, 5.41) is 24.7. The van der Waals surface area contributed by atoms with Gasteiger partial charge in [-0.05, 0) is 57.6 Å². The molecule has 1 fully saturated rings. The van der Waals surface area contributed by atoms with Crippen molar-refractivity contribution in [3.8, 4) is 11.1 Å². The van der Waals surface area contributed by atoms with Gasteiger partial charge < -0.3 is 30.3 Å². The van der Waals surface area contributed by atoms with Crippen LogP contribution in [0.3, 0.4) is 0 Å². The maximum absolute atomic E-state index is 12.5. The van der Waals surface area contributed by atoms with Gasteiger partial charge in [0.1, 0.15) is 0 Å². The average Bonchev–Trinajstić information content (AvgIpc) is 3.16. The van der Waals surface area contributed by atoms with Gasteiger partial charge in [0.25, 0.3) is 0 Å². The second-order valence-corrected chi connectivity index (χ2v) is 13.4. The van der Waals surface area contributed by atoms with E-state index in [1.165, 1.54) is 0 Å². The monoisotopic (exact) mass is 688 g/mol. The van der Waals surface area contributed by atoms with Gasteiger partial charge in [-0.1, -0.05) is 110 Å². The van der Waals surface area contributed by atoms with E-state index < -0.39 is 12.3 Å². The van der Waals surface area contributed by atoms with Gasteiger partial charge in [-0.3, -0.25) is 0 Å². The second kappa shape index (κ2) is 16.7. The highest BCUT2D eigenvalue weighted by molar-refractivity contribution is 7.99. The van der Waals surface area contributed by atoms with Gasteiger partial charge in [0.2, 0.25) is 0 Å². The van der Waals surface area contributed by atoms with Crippen LogP contribution < -0.4 is 10.6 Å². The third-order valence-corrected chi connectivity index (χ3v) is 9.99. The number of carbonyl (C=O) groups is 2. The molecule has 1 heterocycles. The van der Waals surface area contributed by atoms with Crippen LogP contribution in [0.15, 0.2) is 132 Å². The Labute approximate surface area is 296 Å². The molecule has 0 bridgehead atoms. The number of nitrogens with one attached hydrogen (secondary N) is 2. The average molecular weight is 689 g/mol. The first-order chi connectivity index (χ1) is 24.4. The van der Waals surface area contributed by atoms with Crippen molar-refractivity contribution in [3.63, 3.8) is 0 Å². The number of thioether (sulfide) groups is 1. The minimum absolute atomic E-state index is 0.0144. The van der Waals surface area contributed by atoms with Crippen LogP contribution in [0.25, 0.3) is 11.1 Å². The number of amides is 2. The zero-order chi connectivity index (χ0) is 34.9. The Morgan fingerprint density at radius 1 is 0.720 bits per heavy atom. The molecular weight excluding hydrogens is 649 g/mol. The fourth-order valence-electron chi connectivity index (χ4n) is 5.97. The molecule has 8 nitrogen and oxygen atoms in total. The number of hydrogen-bond acceptors (Lipinski definition) is 6. The lowest BCUT2D eigenvalue weighted by Gasteiger charge is -2.41. The van der Waals surface area contributed by atoms with Crippen molar-refractivity contribution in [1.82, 2.24) is 10.6 Å². The van der Waals surface area contributed by atoms with Crippen LogP contribution >= 0.6 is 11.8 Å². The van der Waals surface area contributed by atoms with Gasteiger partial charge in [-0.25, -0.2) is 9.59 Å². The summed E-state index contributed by atoms with van der Waals surface area (Å²) in [6, 6.07) is 40.4. The predicted molar refractivity (Wildman–Crippen MR) is 194 cm³/mol. The molecule has 256 valence electrons. The fourth-order valence-corrected chi connectivity index (χ4v) is 7.04. The molecule has 5 aromatic carbocycles. The van der Waals surface area contributed by atoms with E-state index in [2.05, 4.69) is 17.6 Å². The Hall–Kier alpha value is -4.93. The third kappa shape index (κ3) is 8.80. The van der Waals surface area contributed by atoms with Crippen molar-refractivity contribution in [3.05, 3.63) is 161 Å². The topological polar surface area (TPSA) is 117 Å². The van der Waals surface area contributed by atoms with Crippen molar-refractivity contribution in [2.45, 2.75) is 50.0 Å². The lowest BCUT2D eigenvalue weighted by molar-refractivity contribution is -0.268. The molecule has 0 saturated carbocycles. The van der Waals surface area contributed by atoms with Crippen LogP contribution in [0, 0.1) is 5.92 Å². The van der Waals surface area contributed by atoms with Crippen LogP contribution in [0.4, 0.5) is 4.79 Å². The molecule has 50 heavy (non-hydrogen) atoms.